The Balaban J connectivity index is 2.15. The number of nitrogens with two attached hydrogens (primary N) is 1. The summed E-state index contributed by atoms with van der Waals surface area (Å²) in [4.78, 5) is 31.8. The molecule has 2 amide bonds. The van der Waals surface area contributed by atoms with Gasteiger partial charge in [0.25, 0.3) is 0 Å². The lowest BCUT2D eigenvalue weighted by molar-refractivity contribution is -0.135. The fourth-order valence-electron chi connectivity index (χ4n) is 2.71. The van der Waals surface area contributed by atoms with Gasteiger partial charge in [-0.15, -0.1) is 0 Å². The quantitative estimate of drug-likeness (QED) is 0.909. The summed E-state index contributed by atoms with van der Waals surface area (Å²) >= 11 is 6.24. The molecule has 1 atom stereocenters. The number of halogens is 1. The predicted molar refractivity (Wildman–Crippen MR) is 90.6 cm³/mol. The van der Waals surface area contributed by atoms with Gasteiger partial charge in [-0.1, -0.05) is 11.6 Å². The van der Waals surface area contributed by atoms with E-state index in [4.69, 9.17) is 17.3 Å². The molecule has 7 heteroatoms. The van der Waals surface area contributed by atoms with Gasteiger partial charge in [0.15, 0.2) is 0 Å². The highest BCUT2D eigenvalue weighted by Crippen LogP contribution is 2.29. The van der Waals surface area contributed by atoms with E-state index in [0.29, 0.717) is 17.4 Å². The highest BCUT2D eigenvalue weighted by atomic mass is 35.5. The molecule has 1 aromatic heterocycles. The second-order valence-corrected chi connectivity index (χ2v) is 6.63. The third kappa shape index (κ3) is 3.93. The Morgan fingerprint density at radius 3 is 2.74 bits per heavy atom. The zero-order valence-electron chi connectivity index (χ0n) is 13.8. The van der Waals surface area contributed by atoms with E-state index in [-0.39, 0.29) is 23.4 Å². The Labute approximate surface area is 141 Å². The maximum atomic E-state index is 12.5. The number of pyridine rings is 1. The minimum absolute atomic E-state index is 0.0650. The monoisotopic (exact) mass is 338 g/mol. The molecule has 1 aromatic rings. The number of anilines is 1. The maximum Gasteiger partial charge on any atom is 0.250 e. The van der Waals surface area contributed by atoms with Crippen LogP contribution in [0.25, 0.3) is 0 Å². The van der Waals surface area contributed by atoms with Gasteiger partial charge in [-0.05, 0) is 32.8 Å². The van der Waals surface area contributed by atoms with Crippen molar-refractivity contribution in [2.75, 3.05) is 25.0 Å². The van der Waals surface area contributed by atoms with E-state index in [9.17, 15) is 9.59 Å². The number of hydrogen-bond donors (Lipinski definition) is 1. The summed E-state index contributed by atoms with van der Waals surface area (Å²) in [5.41, 5.74) is 5.51. The van der Waals surface area contributed by atoms with E-state index >= 15 is 0 Å². The molecule has 6 nitrogen and oxygen atoms in total. The fraction of sp³-hybridized carbons (Fsp3) is 0.562. The zero-order valence-corrected chi connectivity index (χ0v) is 14.5. The van der Waals surface area contributed by atoms with E-state index in [1.807, 2.05) is 25.8 Å². The zero-order chi connectivity index (χ0) is 17.1. The van der Waals surface area contributed by atoms with Gasteiger partial charge in [0.1, 0.15) is 5.82 Å². The predicted octanol–water partition coefficient (Wildman–Crippen LogP) is 1.92. The molecule has 1 fully saturated rings. The molecule has 1 aliphatic heterocycles. The van der Waals surface area contributed by atoms with Crippen molar-refractivity contribution in [1.82, 2.24) is 9.88 Å². The summed E-state index contributed by atoms with van der Waals surface area (Å²) in [5, 5.41) is 0.381. The van der Waals surface area contributed by atoms with Crippen molar-refractivity contribution in [3.8, 4) is 0 Å². The van der Waals surface area contributed by atoms with Crippen LogP contribution in [0, 0.1) is 5.92 Å². The lowest BCUT2D eigenvalue weighted by atomic mass is 9.96. The van der Waals surface area contributed by atoms with Crippen LogP contribution in [0.5, 0.6) is 0 Å². The first-order valence-corrected chi connectivity index (χ1v) is 8.16. The highest BCUT2D eigenvalue weighted by molar-refractivity contribution is 6.33. The molecule has 126 valence electrons. The van der Waals surface area contributed by atoms with Crippen LogP contribution in [-0.4, -0.2) is 47.9 Å². The fourth-order valence-corrected chi connectivity index (χ4v) is 3.00. The Hall–Kier alpha value is -1.82. The van der Waals surface area contributed by atoms with Gasteiger partial charge in [-0.2, -0.15) is 0 Å². The lowest BCUT2D eigenvalue weighted by Crippen LogP contribution is -2.45. The summed E-state index contributed by atoms with van der Waals surface area (Å²) in [6.07, 6.45) is 3.19. The van der Waals surface area contributed by atoms with Crippen molar-refractivity contribution < 1.29 is 9.59 Å². The molecule has 0 spiro atoms. The molecule has 1 saturated heterocycles. The highest BCUT2D eigenvalue weighted by Gasteiger charge is 2.30. The third-order valence-corrected chi connectivity index (χ3v) is 4.58. The lowest BCUT2D eigenvalue weighted by Gasteiger charge is -2.36. The first kappa shape index (κ1) is 17.5. The summed E-state index contributed by atoms with van der Waals surface area (Å²) in [5.74, 6) is 0.122. The molecule has 1 aliphatic rings. The normalized spacial score (nSPS) is 18.1. The first-order valence-electron chi connectivity index (χ1n) is 7.78. The molecule has 23 heavy (non-hydrogen) atoms. The second-order valence-electron chi connectivity index (χ2n) is 6.22. The first-order chi connectivity index (χ1) is 10.8. The molecule has 0 aromatic carbocycles. The number of carbonyl (C=O) groups is 2. The third-order valence-electron chi connectivity index (χ3n) is 4.30. The summed E-state index contributed by atoms with van der Waals surface area (Å²) in [6.45, 7) is 5.37. The van der Waals surface area contributed by atoms with Crippen LogP contribution >= 0.6 is 11.6 Å². The van der Waals surface area contributed by atoms with Crippen LogP contribution in [0.15, 0.2) is 12.3 Å². The van der Waals surface area contributed by atoms with E-state index in [1.54, 1.807) is 4.90 Å². The molecule has 0 bridgehead atoms. The Morgan fingerprint density at radius 1 is 1.48 bits per heavy atom. The summed E-state index contributed by atoms with van der Waals surface area (Å²) in [7, 11) is 1.83. The number of nitrogens with zero attached hydrogens (tertiary/aromatic N) is 3. The Morgan fingerprint density at radius 2 is 2.17 bits per heavy atom. The van der Waals surface area contributed by atoms with Crippen molar-refractivity contribution in [2.24, 2.45) is 11.7 Å². The van der Waals surface area contributed by atoms with Gasteiger partial charge < -0.3 is 15.5 Å². The maximum absolute atomic E-state index is 12.5. The van der Waals surface area contributed by atoms with Gasteiger partial charge in [-0.25, -0.2) is 4.98 Å². The van der Waals surface area contributed by atoms with Crippen molar-refractivity contribution in [1.29, 1.82) is 0 Å². The minimum Gasteiger partial charge on any atom is -0.366 e. The van der Waals surface area contributed by atoms with Crippen LogP contribution in [-0.2, 0) is 4.79 Å². The van der Waals surface area contributed by atoms with Crippen molar-refractivity contribution >= 4 is 29.2 Å². The van der Waals surface area contributed by atoms with Crippen molar-refractivity contribution in [3.05, 3.63) is 22.8 Å². The summed E-state index contributed by atoms with van der Waals surface area (Å²) in [6, 6.07) is 1.70. The number of rotatable bonds is 4. The Kier molecular flexibility index (Phi) is 5.46. The summed E-state index contributed by atoms with van der Waals surface area (Å²) < 4.78 is 0. The van der Waals surface area contributed by atoms with Crippen LogP contribution in [0.1, 0.15) is 37.0 Å². The van der Waals surface area contributed by atoms with Gasteiger partial charge in [0, 0.05) is 32.4 Å². The molecule has 2 rings (SSSR count). The number of hydrogen-bond acceptors (Lipinski definition) is 4. The van der Waals surface area contributed by atoms with Crippen LogP contribution in [0.2, 0.25) is 5.02 Å². The number of amides is 2. The van der Waals surface area contributed by atoms with Gasteiger partial charge in [-0.3, -0.25) is 9.59 Å². The molecule has 2 heterocycles. The van der Waals surface area contributed by atoms with Crippen LogP contribution < -0.4 is 10.6 Å². The number of carbonyl (C=O) groups excluding carboxylic acids is 2. The minimum atomic E-state index is -0.559. The molecular formula is C16H23ClN4O2. The van der Waals surface area contributed by atoms with Crippen molar-refractivity contribution in [3.63, 3.8) is 0 Å². The SMILES string of the molecule is CC(C)N(C)C(=O)[C@@H]1CCCN(c2ncc(C(N)=O)cc2Cl)C1. The van der Waals surface area contributed by atoms with Crippen LogP contribution in [0.3, 0.4) is 0 Å². The topological polar surface area (TPSA) is 79.5 Å². The molecule has 2 N–H and O–H groups in total. The van der Waals surface area contributed by atoms with Gasteiger partial charge in [0.05, 0.1) is 16.5 Å². The molecular weight excluding hydrogens is 316 g/mol. The van der Waals surface area contributed by atoms with E-state index in [2.05, 4.69) is 4.98 Å². The largest absolute Gasteiger partial charge is 0.366 e. The smallest absolute Gasteiger partial charge is 0.250 e. The van der Waals surface area contributed by atoms with Crippen molar-refractivity contribution in [2.45, 2.75) is 32.7 Å². The van der Waals surface area contributed by atoms with E-state index in [1.165, 1.54) is 12.3 Å². The van der Waals surface area contributed by atoms with Gasteiger partial charge in [0.2, 0.25) is 11.8 Å². The molecule has 0 saturated carbocycles. The molecule has 0 unspecified atom stereocenters. The van der Waals surface area contributed by atoms with E-state index in [0.717, 1.165) is 19.4 Å². The molecule has 0 radical (unpaired) electrons. The van der Waals surface area contributed by atoms with Crippen LogP contribution in [0.4, 0.5) is 5.82 Å². The second kappa shape index (κ2) is 7.17. The standard InChI is InChI=1S/C16H23ClN4O2/c1-10(2)20(3)16(23)11-5-4-6-21(9-11)15-13(17)7-12(8-19-15)14(18)22/h7-8,10-11H,4-6,9H2,1-3H3,(H2,18,22)/t11-/m1/s1. The molecule has 0 aliphatic carbocycles. The average Bonchev–Trinajstić information content (AvgIpc) is 2.53. The Bertz CT molecular complexity index is 606. The number of piperidine rings is 1. The number of aromatic nitrogens is 1. The average molecular weight is 339 g/mol. The number of primary amides is 1. The van der Waals surface area contributed by atoms with E-state index < -0.39 is 5.91 Å². The van der Waals surface area contributed by atoms with Gasteiger partial charge >= 0.3 is 0 Å².